The number of rotatable bonds is 3. The van der Waals surface area contributed by atoms with Gasteiger partial charge in [0.05, 0.1) is 19.0 Å². The summed E-state index contributed by atoms with van der Waals surface area (Å²) in [4.78, 5) is 7.48. The van der Waals surface area contributed by atoms with Crippen molar-refractivity contribution >= 4 is 12.4 Å². The summed E-state index contributed by atoms with van der Waals surface area (Å²) >= 11 is 0. The van der Waals surface area contributed by atoms with Crippen molar-refractivity contribution in [3.8, 4) is 6.01 Å². The summed E-state index contributed by atoms with van der Waals surface area (Å²) in [5.74, 6) is 0.115. The third kappa shape index (κ3) is 3.90. The van der Waals surface area contributed by atoms with Crippen LogP contribution in [0.2, 0.25) is 0 Å². The van der Waals surface area contributed by atoms with Crippen LogP contribution in [-0.2, 0) is 0 Å². The van der Waals surface area contributed by atoms with Gasteiger partial charge in [-0.05, 0) is 31.8 Å². The molecule has 2 heterocycles. The molecule has 4 nitrogen and oxygen atoms in total. The van der Waals surface area contributed by atoms with Crippen LogP contribution in [0.25, 0.3) is 0 Å². The van der Waals surface area contributed by atoms with E-state index >= 15 is 0 Å². The quantitative estimate of drug-likeness (QED) is 0.878. The molecular formula is C10H15ClFN3O. The third-order valence-corrected chi connectivity index (χ3v) is 2.50. The number of aromatic nitrogens is 2. The topological polar surface area (TPSA) is 47.0 Å². The Morgan fingerprint density at radius 2 is 1.94 bits per heavy atom. The van der Waals surface area contributed by atoms with Gasteiger partial charge in [-0.1, -0.05) is 0 Å². The number of halogens is 2. The first-order valence-corrected chi connectivity index (χ1v) is 5.15. The SMILES string of the molecule is Cl.Fc1cnc(OCC2CCNCC2)nc1. The van der Waals surface area contributed by atoms with Crippen LogP contribution in [0.15, 0.2) is 12.4 Å². The number of nitrogens with zero attached hydrogens (tertiary/aromatic N) is 2. The van der Waals surface area contributed by atoms with E-state index in [0.29, 0.717) is 12.5 Å². The van der Waals surface area contributed by atoms with Crippen molar-refractivity contribution in [1.29, 1.82) is 0 Å². The van der Waals surface area contributed by atoms with E-state index in [-0.39, 0.29) is 18.4 Å². The summed E-state index contributed by atoms with van der Waals surface area (Å²) in [6.07, 6.45) is 4.46. The fourth-order valence-corrected chi connectivity index (χ4v) is 1.62. The van der Waals surface area contributed by atoms with E-state index < -0.39 is 5.82 Å². The molecule has 1 aliphatic rings. The molecule has 0 saturated carbocycles. The Bertz CT molecular complexity index is 303. The van der Waals surface area contributed by atoms with E-state index in [1.54, 1.807) is 0 Å². The maximum absolute atomic E-state index is 12.5. The molecule has 90 valence electrons. The zero-order chi connectivity index (χ0) is 10.5. The number of hydrogen-bond acceptors (Lipinski definition) is 4. The Morgan fingerprint density at radius 3 is 2.56 bits per heavy atom. The lowest BCUT2D eigenvalue weighted by molar-refractivity contribution is 0.201. The van der Waals surface area contributed by atoms with Crippen molar-refractivity contribution in [2.24, 2.45) is 5.92 Å². The molecule has 0 amide bonds. The van der Waals surface area contributed by atoms with Gasteiger partial charge in [-0.2, -0.15) is 0 Å². The van der Waals surface area contributed by atoms with Crippen molar-refractivity contribution in [3.05, 3.63) is 18.2 Å². The Morgan fingerprint density at radius 1 is 1.31 bits per heavy atom. The van der Waals surface area contributed by atoms with Crippen LogP contribution in [0.3, 0.4) is 0 Å². The first-order valence-electron chi connectivity index (χ1n) is 5.15. The molecule has 1 aromatic heterocycles. The molecule has 0 spiro atoms. The van der Waals surface area contributed by atoms with Gasteiger partial charge in [0.25, 0.3) is 0 Å². The van der Waals surface area contributed by atoms with Crippen molar-refractivity contribution in [3.63, 3.8) is 0 Å². The molecule has 1 saturated heterocycles. The molecule has 0 atom stereocenters. The lowest BCUT2D eigenvalue weighted by Crippen LogP contribution is -2.30. The highest BCUT2D eigenvalue weighted by molar-refractivity contribution is 5.85. The van der Waals surface area contributed by atoms with Crippen molar-refractivity contribution in [2.45, 2.75) is 12.8 Å². The lowest BCUT2D eigenvalue weighted by atomic mass is 9.99. The molecule has 0 radical (unpaired) electrons. The summed E-state index contributed by atoms with van der Waals surface area (Å²) in [5, 5.41) is 3.28. The molecule has 0 aromatic carbocycles. The van der Waals surface area contributed by atoms with E-state index in [9.17, 15) is 4.39 Å². The predicted molar refractivity (Wildman–Crippen MR) is 60.3 cm³/mol. The lowest BCUT2D eigenvalue weighted by Gasteiger charge is -2.21. The zero-order valence-corrected chi connectivity index (χ0v) is 9.67. The third-order valence-electron chi connectivity index (χ3n) is 2.50. The highest BCUT2D eigenvalue weighted by Crippen LogP contribution is 2.12. The predicted octanol–water partition coefficient (Wildman–Crippen LogP) is 1.42. The summed E-state index contributed by atoms with van der Waals surface area (Å²) in [5.41, 5.74) is 0. The van der Waals surface area contributed by atoms with Gasteiger partial charge in [-0.3, -0.25) is 0 Å². The summed E-state index contributed by atoms with van der Waals surface area (Å²) in [6.45, 7) is 2.70. The van der Waals surface area contributed by atoms with E-state index in [0.717, 1.165) is 38.3 Å². The molecule has 16 heavy (non-hydrogen) atoms. The van der Waals surface area contributed by atoms with Gasteiger partial charge < -0.3 is 10.1 Å². The van der Waals surface area contributed by atoms with Crippen molar-refractivity contribution < 1.29 is 9.13 Å². The maximum atomic E-state index is 12.5. The molecule has 0 aliphatic carbocycles. The number of nitrogens with one attached hydrogen (secondary N) is 1. The average Bonchev–Trinajstić information content (AvgIpc) is 2.30. The largest absolute Gasteiger partial charge is 0.463 e. The van der Waals surface area contributed by atoms with E-state index in [4.69, 9.17) is 4.74 Å². The van der Waals surface area contributed by atoms with Gasteiger partial charge in [0, 0.05) is 0 Å². The molecule has 2 rings (SSSR count). The number of ether oxygens (including phenoxy) is 1. The first kappa shape index (κ1) is 13.1. The van der Waals surface area contributed by atoms with Gasteiger partial charge in [-0.25, -0.2) is 14.4 Å². The van der Waals surface area contributed by atoms with Crippen LogP contribution in [-0.4, -0.2) is 29.7 Å². The van der Waals surface area contributed by atoms with Crippen LogP contribution >= 0.6 is 12.4 Å². The minimum Gasteiger partial charge on any atom is -0.463 e. The monoisotopic (exact) mass is 247 g/mol. The smallest absolute Gasteiger partial charge is 0.316 e. The minimum atomic E-state index is -0.441. The second kappa shape index (κ2) is 6.60. The zero-order valence-electron chi connectivity index (χ0n) is 8.86. The molecule has 0 bridgehead atoms. The van der Waals surface area contributed by atoms with Gasteiger partial charge in [-0.15, -0.1) is 12.4 Å². The second-order valence-corrected chi connectivity index (χ2v) is 3.69. The highest BCUT2D eigenvalue weighted by Gasteiger charge is 2.13. The van der Waals surface area contributed by atoms with Gasteiger partial charge in [0.1, 0.15) is 0 Å². The van der Waals surface area contributed by atoms with Gasteiger partial charge >= 0.3 is 6.01 Å². The van der Waals surface area contributed by atoms with Crippen LogP contribution in [0, 0.1) is 11.7 Å². The van der Waals surface area contributed by atoms with Gasteiger partial charge in [0.15, 0.2) is 5.82 Å². The Balaban J connectivity index is 0.00000128. The number of hydrogen-bond donors (Lipinski definition) is 1. The normalized spacial score (nSPS) is 16.6. The fraction of sp³-hybridized carbons (Fsp3) is 0.600. The molecule has 1 aromatic rings. The van der Waals surface area contributed by atoms with E-state index in [1.165, 1.54) is 0 Å². The molecular weight excluding hydrogens is 233 g/mol. The summed E-state index contributed by atoms with van der Waals surface area (Å²) < 4.78 is 17.9. The van der Waals surface area contributed by atoms with Crippen LogP contribution in [0.4, 0.5) is 4.39 Å². The Labute approximate surface area is 100 Å². The molecule has 1 aliphatic heterocycles. The Hall–Kier alpha value is -0.940. The van der Waals surface area contributed by atoms with Crippen LogP contribution < -0.4 is 10.1 Å². The fourth-order valence-electron chi connectivity index (χ4n) is 1.62. The summed E-state index contributed by atoms with van der Waals surface area (Å²) in [7, 11) is 0. The van der Waals surface area contributed by atoms with E-state index in [1.807, 2.05) is 0 Å². The highest BCUT2D eigenvalue weighted by atomic mass is 35.5. The maximum Gasteiger partial charge on any atom is 0.316 e. The molecule has 6 heteroatoms. The standard InChI is InChI=1S/C10H14FN3O.ClH/c11-9-5-13-10(14-6-9)15-7-8-1-3-12-4-2-8;/h5-6,8,12H,1-4,7H2;1H. The minimum absolute atomic E-state index is 0. The van der Waals surface area contributed by atoms with Crippen LogP contribution in [0.5, 0.6) is 6.01 Å². The molecule has 1 N–H and O–H groups in total. The Kier molecular flexibility index (Phi) is 5.42. The second-order valence-electron chi connectivity index (χ2n) is 3.69. The van der Waals surface area contributed by atoms with Crippen LogP contribution in [0.1, 0.15) is 12.8 Å². The average molecular weight is 248 g/mol. The summed E-state index contributed by atoms with van der Waals surface area (Å²) in [6, 6.07) is 0.259. The van der Waals surface area contributed by atoms with Crippen molar-refractivity contribution in [2.75, 3.05) is 19.7 Å². The first-order chi connectivity index (χ1) is 7.34. The van der Waals surface area contributed by atoms with E-state index in [2.05, 4.69) is 15.3 Å². The molecule has 0 unspecified atom stereocenters. The van der Waals surface area contributed by atoms with Crippen molar-refractivity contribution in [1.82, 2.24) is 15.3 Å². The van der Waals surface area contributed by atoms with Gasteiger partial charge in [0.2, 0.25) is 0 Å². The number of piperidine rings is 1. The molecule has 1 fully saturated rings.